The molecule has 0 radical (unpaired) electrons. The molecule has 43 heavy (non-hydrogen) atoms. The molecule has 0 bridgehead atoms. The summed E-state index contributed by atoms with van der Waals surface area (Å²) in [5, 5.41) is 14.3. The molecule has 2 N–H and O–H groups in total. The molecule has 0 spiro atoms. The van der Waals surface area contributed by atoms with E-state index in [0.717, 1.165) is 11.1 Å². The predicted molar refractivity (Wildman–Crippen MR) is 157 cm³/mol. The molecule has 0 aliphatic carbocycles. The normalized spacial score (nSPS) is 13.9. The highest BCUT2D eigenvalue weighted by molar-refractivity contribution is 5.89. The lowest BCUT2D eigenvalue weighted by Gasteiger charge is -2.31. The minimum atomic E-state index is -1.30. The summed E-state index contributed by atoms with van der Waals surface area (Å²) in [5.41, 5.74) is -0.138. The van der Waals surface area contributed by atoms with Gasteiger partial charge in [-0.25, -0.2) is 9.59 Å². The van der Waals surface area contributed by atoms with Crippen LogP contribution >= 0.6 is 0 Å². The van der Waals surface area contributed by atoms with Gasteiger partial charge >= 0.3 is 12.2 Å². The quantitative estimate of drug-likeness (QED) is 0.359. The summed E-state index contributed by atoms with van der Waals surface area (Å²) in [7, 11) is 0. The van der Waals surface area contributed by atoms with Gasteiger partial charge in [0.15, 0.2) is 11.6 Å². The van der Waals surface area contributed by atoms with E-state index in [2.05, 4.69) is 20.8 Å². The second-order valence-corrected chi connectivity index (χ2v) is 11.9. The number of rotatable bonds is 10. The monoisotopic (exact) mass is 592 g/mol. The highest BCUT2D eigenvalue weighted by atomic mass is 16.6. The minimum Gasteiger partial charge on any atom is -0.445 e. The number of carbonyl (C=O) groups is 3. The lowest BCUT2D eigenvalue weighted by Crippen LogP contribution is -2.56. The van der Waals surface area contributed by atoms with Crippen molar-refractivity contribution in [3.63, 3.8) is 0 Å². The molecule has 4 rings (SSSR count). The van der Waals surface area contributed by atoms with E-state index in [-0.39, 0.29) is 19.8 Å². The lowest BCUT2D eigenvalue weighted by molar-refractivity contribution is -0.127. The molecule has 3 aromatic rings. The third-order valence-corrected chi connectivity index (χ3v) is 6.64. The third-order valence-electron chi connectivity index (χ3n) is 6.64. The first-order chi connectivity index (χ1) is 20.4. The van der Waals surface area contributed by atoms with Crippen molar-refractivity contribution in [2.75, 3.05) is 13.2 Å². The van der Waals surface area contributed by atoms with Crippen molar-refractivity contribution in [3.8, 4) is 0 Å². The van der Waals surface area contributed by atoms with Crippen molar-refractivity contribution in [2.45, 2.75) is 78.1 Å². The number of ether oxygens (including phenoxy) is 3. The van der Waals surface area contributed by atoms with Crippen LogP contribution in [0.5, 0.6) is 0 Å². The van der Waals surface area contributed by atoms with Crippen LogP contribution in [0.2, 0.25) is 0 Å². The number of carbonyl (C=O) groups excluding carboxylic acids is 3. The number of hydrogen-bond acceptors (Lipinski definition) is 8. The van der Waals surface area contributed by atoms with Crippen molar-refractivity contribution in [3.05, 3.63) is 83.4 Å². The number of amides is 3. The Morgan fingerprint density at radius 2 is 1.51 bits per heavy atom. The van der Waals surface area contributed by atoms with Crippen LogP contribution in [0.25, 0.3) is 0 Å². The van der Waals surface area contributed by atoms with Gasteiger partial charge in [-0.1, -0.05) is 60.7 Å². The molecule has 230 valence electrons. The van der Waals surface area contributed by atoms with Crippen LogP contribution in [0.4, 0.5) is 9.59 Å². The Hall–Kier alpha value is -4.45. The van der Waals surface area contributed by atoms with Gasteiger partial charge in [-0.3, -0.25) is 9.69 Å². The zero-order valence-corrected chi connectivity index (χ0v) is 25.3. The standard InChI is InChI=1S/C31H40N6O6/c1-30(2,3)43-28(39)33-31(4,5)27(38)32-24(21-41-19-22-12-8-6-9-13-22)26-35-34-25-18-36(16-17-37(25)26)29(40)42-20-23-14-10-7-11-15-23/h6-15,24H,16-21H2,1-5H3,(H,32,38)(H,33,39)/t24-/m1/s1. The summed E-state index contributed by atoms with van der Waals surface area (Å²) in [6.07, 6.45) is -1.14. The second kappa shape index (κ2) is 13.7. The Kier molecular flexibility index (Phi) is 10.0. The first-order valence-corrected chi connectivity index (χ1v) is 14.2. The molecule has 1 aromatic heterocycles. The van der Waals surface area contributed by atoms with Crippen molar-refractivity contribution in [1.29, 1.82) is 0 Å². The van der Waals surface area contributed by atoms with Crippen LogP contribution < -0.4 is 10.6 Å². The van der Waals surface area contributed by atoms with Crippen LogP contribution in [0.1, 0.15) is 63.4 Å². The first-order valence-electron chi connectivity index (χ1n) is 14.2. The Bertz CT molecular complexity index is 1390. The fraction of sp³-hybridized carbons (Fsp3) is 0.452. The predicted octanol–water partition coefficient (Wildman–Crippen LogP) is 4.11. The molecule has 2 heterocycles. The Balaban J connectivity index is 1.45. The average molecular weight is 593 g/mol. The van der Waals surface area contributed by atoms with Gasteiger partial charge in [0.2, 0.25) is 5.91 Å². The fourth-order valence-electron chi connectivity index (χ4n) is 4.41. The Morgan fingerprint density at radius 3 is 2.14 bits per heavy atom. The van der Waals surface area contributed by atoms with Crippen LogP contribution in [-0.2, 0) is 45.3 Å². The number of alkyl carbamates (subject to hydrolysis) is 1. The number of aromatic nitrogens is 3. The zero-order chi connectivity index (χ0) is 31.0. The smallest absolute Gasteiger partial charge is 0.410 e. The van der Waals surface area contributed by atoms with Crippen molar-refractivity contribution in [1.82, 2.24) is 30.3 Å². The SMILES string of the molecule is CC(C)(C)OC(=O)NC(C)(C)C(=O)N[C@H](COCc1ccccc1)c1nnc2n1CCN(C(=O)OCc1ccccc1)C2. The molecule has 1 aliphatic rings. The molecule has 12 heteroatoms. The topological polar surface area (TPSA) is 137 Å². The highest BCUT2D eigenvalue weighted by Crippen LogP contribution is 2.21. The zero-order valence-electron chi connectivity index (χ0n) is 25.3. The lowest BCUT2D eigenvalue weighted by atomic mass is 10.0. The van der Waals surface area contributed by atoms with Crippen LogP contribution in [0.3, 0.4) is 0 Å². The van der Waals surface area contributed by atoms with E-state index in [1.807, 2.05) is 65.2 Å². The summed E-state index contributed by atoms with van der Waals surface area (Å²) in [4.78, 5) is 40.2. The number of nitrogens with one attached hydrogen (secondary N) is 2. The van der Waals surface area contributed by atoms with E-state index < -0.39 is 35.3 Å². The maximum atomic E-state index is 13.4. The number of nitrogens with zero attached hydrogens (tertiary/aromatic N) is 4. The van der Waals surface area contributed by atoms with Gasteiger partial charge in [0.05, 0.1) is 19.8 Å². The molecular weight excluding hydrogens is 552 g/mol. The van der Waals surface area contributed by atoms with Crippen LogP contribution in [0, 0.1) is 0 Å². The summed E-state index contributed by atoms with van der Waals surface area (Å²) >= 11 is 0. The van der Waals surface area contributed by atoms with Crippen molar-refractivity contribution >= 4 is 18.1 Å². The van der Waals surface area contributed by atoms with E-state index in [9.17, 15) is 14.4 Å². The second-order valence-electron chi connectivity index (χ2n) is 11.9. The van der Waals surface area contributed by atoms with Gasteiger partial charge in [0.25, 0.3) is 0 Å². The molecule has 12 nitrogen and oxygen atoms in total. The summed E-state index contributed by atoms with van der Waals surface area (Å²) in [5.74, 6) is 0.596. The van der Waals surface area contributed by atoms with Crippen LogP contribution in [-0.4, -0.2) is 62.0 Å². The number of hydrogen-bond donors (Lipinski definition) is 2. The summed E-state index contributed by atoms with van der Waals surface area (Å²) in [6, 6.07) is 18.5. The molecule has 1 atom stereocenters. The highest BCUT2D eigenvalue weighted by Gasteiger charge is 2.35. The van der Waals surface area contributed by atoms with Gasteiger partial charge in [0, 0.05) is 13.1 Å². The van der Waals surface area contributed by atoms with E-state index in [0.29, 0.717) is 31.3 Å². The number of benzene rings is 2. The molecule has 2 aromatic carbocycles. The minimum absolute atomic E-state index is 0.101. The molecular formula is C31H40N6O6. The summed E-state index contributed by atoms with van der Waals surface area (Å²) < 4.78 is 18.7. The van der Waals surface area contributed by atoms with Crippen molar-refractivity contribution in [2.24, 2.45) is 0 Å². The van der Waals surface area contributed by atoms with E-state index >= 15 is 0 Å². The fourth-order valence-corrected chi connectivity index (χ4v) is 4.41. The Morgan fingerprint density at radius 1 is 0.884 bits per heavy atom. The third kappa shape index (κ3) is 9.02. The largest absolute Gasteiger partial charge is 0.445 e. The molecule has 3 amide bonds. The van der Waals surface area contributed by atoms with E-state index in [1.165, 1.54) is 0 Å². The first kappa shape index (κ1) is 31.5. The van der Waals surface area contributed by atoms with Crippen molar-refractivity contribution < 1.29 is 28.6 Å². The Labute approximate surface area is 251 Å². The molecule has 0 fully saturated rings. The maximum Gasteiger partial charge on any atom is 0.410 e. The number of fused-ring (bicyclic) bond motifs is 1. The van der Waals surface area contributed by atoms with Gasteiger partial charge in [-0.2, -0.15) is 0 Å². The maximum absolute atomic E-state index is 13.4. The molecule has 0 saturated carbocycles. The van der Waals surface area contributed by atoms with Gasteiger partial charge in [-0.15, -0.1) is 10.2 Å². The molecule has 0 unspecified atom stereocenters. The van der Waals surface area contributed by atoms with E-state index in [1.54, 1.807) is 39.5 Å². The van der Waals surface area contributed by atoms with Gasteiger partial charge in [0.1, 0.15) is 23.8 Å². The average Bonchev–Trinajstić information content (AvgIpc) is 3.38. The van der Waals surface area contributed by atoms with Gasteiger partial charge < -0.3 is 29.4 Å². The molecule has 0 saturated heterocycles. The van der Waals surface area contributed by atoms with Gasteiger partial charge in [-0.05, 0) is 45.7 Å². The summed E-state index contributed by atoms with van der Waals surface area (Å²) in [6.45, 7) is 10.0. The molecule has 1 aliphatic heterocycles. The van der Waals surface area contributed by atoms with Crippen LogP contribution in [0.15, 0.2) is 60.7 Å². The van der Waals surface area contributed by atoms with E-state index in [4.69, 9.17) is 14.2 Å².